The zero-order valence-corrected chi connectivity index (χ0v) is 14.5. The Morgan fingerprint density at radius 3 is 2.59 bits per heavy atom. The minimum Gasteiger partial charge on any atom is -0.447 e. The Hall–Kier alpha value is -1.88. The van der Waals surface area contributed by atoms with Crippen molar-refractivity contribution in [1.29, 1.82) is 0 Å². The van der Waals surface area contributed by atoms with Crippen LogP contribution in [0.25, 0.3) is 0 Å². The van der Waals surface area contributed by atoms with Gasteiger partial charge >= 0.3 is 6.09 Å². The van der Waals surface area contributed by atoms with E-state index in [-0.39, 0.29) is 5.91 Å². The lowest BCUT2D eigenvalue weighted by molar-refractivity contribution is -0.127. The van der Waals surface area contributed by atoms with Crippen molar-refractivity contribution in [2.75, 3.05) is 13.2 Å². The summed E-state index contributed by atoms with van der Waals surface area (Å²) in [4.78, 5) is 24.5. The van der Waals surface area contributed by atoms with Crippen LogP contribution >= 0.6 is 0 Å². The van der Waals surface area contributed by atoms with Crippen LogP contribution in [0.5, 0.6) is 0 Å². The van der Waals surface area contributed by atoms with Crippen molar-refractivity contribution in [2.24, 2.45) is 0 Å². The number of imide groups is 1. The van der Waals surface area contributed by atoms with Gasteiger partial charge in [0.25, 0.3) is 0 Å². The molecule has 1 aromatic rings. The first-order valence-electron chi connectivity index (χ1n) is 7.63. The summed E-state index contributed by atoms with van der Waals surface area (Å²) < 4.78 is 4.78. The van der Waals surface area contributed by atoms with E-state index in [0.717, 1.165) is 0 Å². The fourth-order valence-electron chi connectivity index (χ4n) is 2.50. The van der Waals surface area contributed by atoms with Crippen LogP contribution in [0.15, 0.2) is 41.6 Å². The first kappa shape index (κ1) is 16.5. The number of ether oxygens (including phenoxy) is 1. The van der Waals surface area contributed by atoms with E-state index in [2.05, 4.69) is 50.4 Å². The average molecular weight is 317 g/mol. The summed E-state index contributed by atoms with van der Waals surface area (Å²) in [7, 11) is -1.66. The van der Waals surface area contributed by atoms with E-state index in [0.29, 0.717) is 26.0 Å². The summed E-state index contributed by atoms with van der Waals surface area (Å²) in [5.41, 5.74) is 0. The topological polar surface area (TPSA) is 46.6 Å². The molecule has 5 heteroatoms. The number of hydrogen-bond donors (Lipinski definition) is 0. The quantitative estimate of drug-likeness (QED) is 0.785. The Morgan fingerprint density at radius 1 is 1.32 bits per heavy atom. The van der Waals surface area contributed by atoms with Gasteiger partial charge < -0.3 is 4.74 Å². The highest BCUT2D eigenvalue weighted by Gasteiger charge is 2.28. The van der Waals surface area contributed by atoms with E-state index >= 15 is 0 Å². The van der Waals surface area contributed by atoms with Crippen LogP contribution in [-0.4, -0.2) is 38.1 Å². The van der Waals surface area contributed by atoms with E-state index in [9.17, 15) is 9.59 Å². The molecule has 4 nitrogen and oxygen atoms in total. The zero-order valence-electron chi connectivity index (χ0n) is 13.5. The molecule has 0 aromatic heterocycles. The van der Waals surface area contributed by atoms with Crippen molar-refractivity contribution >= 4 is 25.3 Å². The first-order valence-corrected chi connectivity index (χ1v) is 10.6. The highest BCUT2D eigenvalue weighted by atomic mass is 28.3. The highest BCUT2D eigenvalue weighted by molar-refractivity contribution is 6.95. The summed E-state index contributed by atoms with van der Waals surface area (Å²) in [6.45, 7) is 7.47. The van der Waals surface area contributed by atoms with E-state index < -0.39 is 14.2 Å². The molecule has 2 amide bonds. The molecule has 1 aliphatic rings. The van der Waals surface area contributed by atoms with E-state index in [1.807, 2.05) is 6.07 Å². The van der Waals surface area contributed by atoms with Crippen LogP contribution in [0.3, 0.4) is 0 Å². The largest absolute Gasteiger partial charge is 0.447 e. The van der Waals surface area contributed by atoms with Gasteiger partial charge in [-0.15, -0.1) is 0 Å². The van der Waals surface area contributed by atoms with Crippen molar-refractivity contribution in [3.8, 4) is 0 Å². The molecule has 22 heavy (non-hydrogen) atoms. The number of cyclic esters (lactones) is 1. The van der Waals surface area contributed by atoms with Crippen molar-refractivity contribution in [1.82, 2.24) is 4.90 Å². The first-order chi connectivity index (χ1) is 10.4. The molecule has 2 rings (SSSR count). The summed E-state index contributed by atoms with van der Waals surface area (Å²) >= 11 is 0. The summed E-state index contributed by atoms with van der Waals surface area (Å²) in [5.74, 6) is -0.147. The molecular weight excluding hydrogens is 294 g/mol. The van der Waals surface area contributed by atoms with Crippen molar-refractivity contribution < 1.29 is 14.3 Å². The van der Waals surface area contributed by atoms with Gasteiger partial charge in [-0.1, -0.05) is 59.9 Å². The lowest BCUT2D eigenvalue weighted by Gasteiger charge is -2.24. The maximum absolute atomic E-state index is 12.0. The Bertz CT molecular complexity index is 581. The Labute approximate surface area is 132 Å². The Morgan fingerprint density at radius 2 is 2.00 bits per heavy atom. The van der Waals surface area contributed by atoms with Crippen LogP contribution in [0.2, 0.25) is 13.1 Å². The third-order valence-electron chi connectivity index (χ3n) is 4.35. The van der Waals surface area contributed by atoms with Gasteiger partial charge in [0.05, 0.1) is 6.54 Å². The van der Waals surface area contributed by atoms with Gasteiger partial charge in [-0.25, -0.2) is 9.69 Å². The third-order valence-corrected chi connectivity index (χ3v) is 8.30. The number of carbonyl (C=O) groups is 2. The number of benzene rings is 1. The maximum atomic E-state index is 12.0. The second-order valence-electron chi connectivity index (χ2n) is 6.08. The molecule has 0 atom stereocenters. The molecule has 0 bridgehead atoms. The van der Waals surface area contributed by atoms with Gasteiger partial charge in [0.2, 0.25) is 5.91 Å². The lowest BCUT2D eigenvalue weighted by Crippen LogP contribution is -2.42. The molecule has 0 saturated carbocycles. The van der Waals surface area contributed by atoms with Gasteiger partial charge in [-0.2, -0.15) is 0 Å². The van der Waals surface area contributed by atoms with E-state index in [1.165, 1.54) is 15.3 Å². The number of nitrogens with zero attached hydrogens (tertiary/aromatic N) is 1. The number of rotatable bonds is 5. The fourth-order valence-corrected chi connectivity index (χ4v) is 4.64. The molecule has 1 aliphatic heterocycles. The van der Waals surface area contributed by atoms with E-state index in [4.69, 9.17) is 4.74 Å². The average Bonchev–Trinajstić information content (AvgIpc) is 2.94. The molecule has 0 N–H and O–H groups in total. The number of amides is 2. The lowest BCUT2D eigenvalue weighted by atomic mass is 10.2. The molecule has 0 aliphatic carbocycles. The SMILES string of the molecule is C/C(=C/CCC(=O)N1CCOC1=O)[Si](C)(C)c1ccccc1. The molecule has 1 saturated heterocycles. The van der Waals surface area contributed by atoms with Crippen LogP contribution in [0.4, 0.5) is 4.79 Å². The molecule has 118 valence electrons. The van der Waals surface area contributed by atoms with Gasteiger partial charge in [0, 0.05) is 6.42 Å². The second-order valence-corrected chi connectivity index (χ2v) is 10.7. The minimum atomic E-state index is -1.66. The van der Waals surface area contributed by atoms with E-state index in [1.54, 1.807) is 0 Å². The molecule has 1 fully saturated rings. The summed E-state index contributed by atoms with van der Waals surface area (Å²) in [6.07, 6.45) is 2.66. The molecule has 0 spiro atoms. The molecule has 1 aromatic carbocycles. The predicted octanol–water partition coefficient (Wildman–Crippen LogP) is 2.85. The molecule has 0 radical (unpaired) electrons. The summed E-state index contributed by atoms with van der Waals surface area (Å²) in [6, 6.07) is 10.5. The maximum Gasteiger partial charge on any atom is 0.416 e. The van der Waals surface area contributed by atoms with Gasteiger partial charge in [0.15, 0.2) is 0 Å². The van der Waals surface area contributed by atoms with Crippen LogP contribution < -0.4 is 5.19 Å². The fraction of sp³-hybridized carbons (Fsp3) is 0.412. The Kier molecular flexibility index (Phi) is 5.18. The second kappa shape index (κ2) is 6.92. The summed E-state index contributed by atoms with van der Waals surface area (Å²) in [5, 5.41) is 2.74. The van der Waals surface area contributed by atoms with Crippen LogP contribution in [0.1, 0.15) is 19.8 Å². The monoisotopic (exact) mass is 317 g/mol. The van der Waals surface area contributed by atoms with Gasteiger partial charge in [0.1, 0.15) is 14.7 Å². The van der Waals surface area contributed by atoms with Crippen LogP contribution in [-0.2, 0) is 9.53 Å². The third kappa shape index (κ3) is 3.65. The van der Waals surface area contributed by atoms with Crippen molar-refractivity contribution in [3.05, 3.63) is 41.6 Å². The van der Waals surface area contributed by atoms with Gasteiger partial charge in [-0.3, -0.25) is 4.79 Å². The predicted molar refractivity (Wildman–Crippen MR) is 89.6 cm³/mol. The standard InChI is InChI=1S/C17H23NO3Si/c1-14(22(2,3)15-9-5-4-6-10-15)8-7-11-16(19)18-12-13-21-17(18)20/h4-6,8-10H,7,11-13H2,1-3H3/b14-8-. The Balaban J connectivity index is 1.95. The molecule has 0 unspecified atom stereocenters. The normalized spacial score (nSPS) is 15.9. The molecule has 1 heterocycles. The van der Waals surface area contributed by atoms with Crippen molar-refractivity contribution in [2.45, 2.75) is 32.9 Å². The van der Waals surface area contributed by atoms with Gasteiger partial charge in [-0.05, 0) is 13.3 Å². The number of allylic oxidation sites excluding steroid dienone is 2. The number of hydrogen-bond acceptors (Lipinski definition) is 3. The minimum absolute atomic E-state index is 0.147. The highest BCUT2D eigenvalue weighted by Crippen LogP contribution is 2.16. The smallest absolute Gasteiger partial charge is 0.416 e. The number of carbonyl (C=O) groups excluding carboxylic acids is 2. The van der Waals surface area contributed by atoms with Crippen LogP contribution in [0, 0.1) is 0 Å². The zero-order chi connectivity index (χ0) is 16.2. The van der Waals surface area contributed by atoms with Crippen molar-refractivity contribution in [3.63, 3.8) is 0 Å². The molecular formula is C17H23NO3Si.